The second-order valence-electron chi connectivity index (χ2n) is 5.58. The van der Waals surface area contributed by atoms with E-state index in [1.807, 2.05) is 0 Å². The van der Waals surface area contributed by atoms with Crippen molar-refractivity contribution < 1.29 is 29.1 Å². The van der Waals surface area contributed by atoms with Gasteiger partial charge in [0.25, 0.3) is 5.69 Å². The van der Waals surface area contributed by atoms with Crippen molar-refractivity contribution in [1.82, 2.24) is 0 Å². The van der Waals surface area contributed by atoms with Gasteiger partial charge in [0, 0.05) is 18.1 Å². The Balaban J connectivity index is 2.34. The maximum atomic E-state index is 11.4. The van der Waals surface area contributed by atoms with Gasteiger partial charge in [0.05, 0.1) is 23.7 Å². The summed E-state index contributed by atoms with van der Waals surface area (Å²) in [4.78, 5) is 33.1. The minimum atomic E-state index is -1.08. The van der Waals surface area contributed by atoms with Gasteiger partial charge in [0.2, 0.25) is 0 Å². The average Bonchev–Trinajstić information content (AvgIpc) is 2.57. The highest BCUT2D eigenvalue weighted by Crippen LogP contribution is 2.18. The molecule has 0 heterocycles. The van der Waals surface area contributed by atoms with Crippen LogP contribution < -0.4 is 0 Å². The van der Waals surface area contributed by atoms with Crippen LogP contribution in [0.1, 0.15) is 19.4 Å². The number of nitro groups is 1. The Morgan fingerprint density at radius 1 is 1.24 bits per heavy atom. The molecule has 0 saturated heterocycles. The van der Waals surface area contributed by atoms with Crippen molar-refractivity contribution in [2.75, 3.05) is 13.2 Å². The number of allylic oxidation sites excluding steroid dienone is 1. The highest BCUT2D eigenvalue weighted by atomic mass is 16.6. The van der Waals surface area contributed by atoms with E-state index < -0.39 is 17.0 Å². The van der Waals surface area contributed by atoms with Crippen molar-refractivity contribution in [3.8, 4) is 0 Å². The van der Waals surface area contributed by atoms with Gasteiger partial charge >= 0.3 is 5.97 Å². The highest BCUT2D eigenvalue weighted by molar-refractivity contribution is 5.96. The average molecular weight is 351 g/mol. The third-order valence-electron chi connectivity index (χ3n) is 3.13. The molecule has 25 heavy (non-hydrogen) atoms. The SMILES string of the molecule is CC(C)C(=O)/C=C\C(=O)OCC(O)COCc1ccccc1[N+](=O)[O-]. The molecule has 0 fully saturated rings. The van der Waals surface area contributed by atoms with Crippen molar-refractivity contribution >= 4 is 17.4 Å². The van der Waals surface area contributed by atoms with E-state index in [0.717, 1.165) is 12.2 Å². The van der Waals surface area contributed by atoms with Gasteiger partial charge in [-0.15, -0.1) is 0 Å². The van der Waals surface area contributed by atoms with Gasteiger partial charge in [-0.2, -0.15) is 0 Å². The van der Waals surface area contributed by atoms with Gasteiger partial charge in [0.15, 0.2) is 5.78 Å². The Morgan fingerprint density at radius 3 is 2.56 bits per heavy atom. The number of carbonyl (C=O) groups is 2. The summed E-state index contributed by atoms with van der Waals surface area (Å²) in [5.74, 6) is -1.16. The topological polar surface area (TPSA) is 116 Å². The number of ketones is 1. The lowest BCUT2D eigenvalue weighted by Gasteiger charge is -2.11. The Morgan fingerprint density at radius 2 is 1.92 bits per heavy atom. The van der Waals surface area contributed by atoms with Gasteiger partial charge in [-0.3, -0.25) is 14.9 Å². The van der Waals surface area contributed by atoms with Crippen molar-refractivity contribution in [2.24, 2.45) is 5.92 Å². The zero-order valence-corrected chi connectivity index (χ0v) is 14.1. The molecule has 136 valence electrons. The smallest absolute Gasteiger partial charge is 0.330 e. The van der Waals surface area contributed by atoms with Crippen molar-refractivity contribution in [3.05, 3.63) is 52.1 Å². The molecule has 0 aliphatic carbocycles. The summed E-state index contributed by atoms with van der Waals surface area (Å²) in [6, 6.07) is 6.12. The van der Waals surface area contributed by atoms with Gasteiger partial charge in [0.1, 0.15) is 12.7 Å². The van der Waals surface area contributed by atoms with E-state index in [2.05, 4.69) is 0 Å². The minimum Gasteiger partial charge on any atom is -0.460 e. The molecule has 1 aromatic carbocycles. The predicted octanol–water partition coefficient (Wildman–Crippen LogP) is 1.80. The number of para-hydroxylation sites is 1. The van der Waals surface area contributed by atoms with Crippen molar-refractivity contribution in [3.63, 3.8) is 0 Å². The van der Waals surface area contributed by atoms with Gasteiger partial charge in [-0.1, -0.05) is 26.0 Å². The number of hydrogen-bond acceptors (Lipinski definition) is 7. The first-order valence-electron chi connectivity index (χ1n) is 7.68. The number of esters is 1. The molecule has 0 saturated carbocycles. The zero-order valence-electron chi connectivity index (χ0n) is 14.1. The van der Waals surface area contributed by atoms with E-state index in [1.165, 1.54) is 6.07 Å². The summed E-state index contributed by atoms with van der Waals surface area (Å²) in [6.07, 6.45) is 1.05. The molecule has 1 atom stereocenters. The number of nitrogens with zero attached hydrogens (tertiary/aromatic N) is 1. The second-order valence-corrected chi connectivity index (χ2v) is 5.58. The Bertz CT molecular complexity index is 640. The van der Waals surface area contributed by atoms with Crippen molar-refractivity contribution in [1.29, 1.82) is 0 Å². The first-order valence-corrected chi connectivity index (χ1v) is 7.68. The predicted molar refractivity (Wildman–Crippen MR) is 88.7 cm³/mol. The molecule has 8 heteroatoms. The third kappa shape index (κ3) is 7.69. The van der Waals surface area contributed by atoms with E-state index in [4.69, 9.17) is 9.47 Å². The quantitative estimate of drug-likeness (QED) is 0.296. The molecule has 1 aromatic rings. The molecule has 0 aliphatic heterocycles. The summed E-state index contributed by atoms with van der Waals surface area (Å²) in [7, 11) is 0. The number of benzene rings is 1. The molecule has 1 rings (SSSR count). The maximum absolute atomic E-state index is 11.4. The summed E-state index contributed by atoms with van der Waals surface area (Å²) >= 11 is 0. The summed E-state index contributed by atoms with van der Waals surface area (Å²) in [5, 5.41) is 20.6. The largest absolute Gasteiger partial charge is 0.460 e. The summed E-state index contributed by atoms with van der Waals surface area (Å²) in [6.45, 7) is 2.89. The lowest BCUT2D eigenvalue weighted by Crippen LogP contribution is -2.23. The van der Waals surface area contributed by atoms with Crippen LogP contribution in [0.2, 0.25) is 0 Å². The molecular weight excluding hydrogens is 330 g/mol. The van der Waals surface area contributed by atoms with E-state index in [0.29, 0.717) is 5.56 Å². The van der Waals surface area contributed by atoms with Crippen LogP contribution in [0.3, 0.4) is 0 Å². The highest BCUT2D eigenvalue weighted by Gasteiger charge is 2.13. The van der Waals surface area contributed by atoms with Crippen LogP contribution in [0.4, 0.5) is 5.69 Å². The van der Waals surface area contributed by atoms with E-state index in [9.17, 15) is 24.8 Å². The third-order valence-corrected chi connectivity index (χ3v) is 3.13. The summed E-state index contributed by atoms with van der Waals surface area (Å²) in [5.41, 5.74) is 0.315. The second kappa shape index (κ2) is 10.3. The number of rotatable bonds is 10. The molecule has 1 unspecified atom stereocenters. The lowest BCUT2D eigenvalue weighted by molar-refractivity contribution is -0.386. The Kier molecular flexibility index (Phi) is 8.45. The van der Waals surface area contributed by atoms with E-state index in [-0.39, 0.29) is 37.2 Å². The molecule has 1 N–H and O–H groups in total. The normalized spacial score (nSPS) is 12.3. The minimum absolute atomic E-state index is 0.0506. The first-order chi connectivity index (χ1) is 11.8. The molecule has 0 spiro atoms. The lowest BCUT2D eigenvalue weighted by atomic mass is 10.1. The number of carbonyl (C=O) groups excluding carboxylic acids is 2. The van der Waals surface area contributed by atoms with E-state index in [1.54, 1.807) is 32.0 Å². The standard InChI is InChI=1S/C17H21NO7/c1-12(2)16(20)7-8-17(21)25-11-14(19)10-24-9-13-5-3-4-6-15(13)18(22)23/h3-8,12,14,19H,9-11H2,1-2H3/b8-7-. The number of hydrogen-bond donors (Lipinski definition) is 1. The van der Waals surface area contributed by atoms with Gasteiger partial charge in [-0.05, 0) is 12.1 Å². The number of aliphatic hydroxyl groups excluding tert-OH is 1. The number of nitro benzene ring substituents is 1. The van der Waals surface area contributed by atoms with Crippen LogP contribution in [-0.4, -0.2) is 41.1 Å². The van der Waals surface area contributed by atoms with Crippen LogP contribution >= 0.6 is 0 Å². The van der Waals surface area contributed by atoms with Gasteiger partial charge < -0.3 is 14.6 Å². The fourth-order valence-electron chi connectivity index (χ4n) is 1.73. The van der Waals surface area contributed by atoms with Crippen LogP contribution in [0.15, 0.2) is 36.4 Å². The molecule has 0 aromatic heterocycles. The Hall–Kier alpha value is -2.58. The molecule has 0 aliphatic rings. The number of aliphatic hydroxyl groups is 1. The number of ether oxygens (including phenoxy) is 2. The first kappa shape index (κ1) is 20.5. The molecule has 0 radical (unpaired) electrons. The van der Waals surface area contributed by atoms with Crippen LogP contribution in [-0.2, 0) is 25.7 Å². The summed E-state index contributed by atoms with van der Waals surface area (Å²) < 4.78 is 10.00. The maximum Gasteiger partial charge on any atom is 0.330 e. The molecular formula is C17H21NO7. The molecule has 0 bridgehead atoms. The van der Waals surface area contributed by atoms with Crippen LogP contribution in [0.25, 0.3) is 0 Å². The van der Waals surface area contributed by atoms with Gasteiger partial charge in [-0.25, -0.2) is 4.79 Å². The van der Waals surface area contributed by atoms with E-state index >= 15 is 0 Å². The molecule has 8 nitrogen and oxygen atoms in total. The molecule has 0 amide bonds. The fourth-order valence-corrected chi connectivity index (χ4v) is 1.73. The Labute approximate surface area is 145 Å². The zero-order chi connectivity index (χ0) is 18.8. The monoisotopic (exact) mass is 351 g/mol. The fraction of sp³-hybridized carbons (Fsp3) is 0.412. The van der Waals surface area contributed by atoms with Crippen molar-refractivity contribution in [2.45, 2.75) is 26.6 Å². The van der Waals surface area contributed by atoms with Crippen LogP contribution in [0.5, 0.6) is 0 Å². The van der Waals surface area contributed by atoms with Crippen LogP contribution in [0, 0.1) is 16.0 Å².